The first kappa shape index (κ1) is 11.0. The fraction of sp³-hybridized carbons (Fsp3) is 0.0833. The molecular formula is C12H9FN4. The molecule has 2 rings (SSSR count). The highest BCUT2D eigenvalue weighted by atomic mass is 19.1. The molecule has 0 spiro atoms. The van der Waals surface area contributed by atoms with Crippen LogP contribution in [0.3, 0.4) is 0 Å². The van der Waals surface area contributed by atoms with Crippen molar-refractivity contribution in [2.24, 2.45) is 0 Å². The summed E-state index contributed by atoms with van der Waals surface area (Å²) in [4.78, 5) is 7.95. The number of hydrogen-bond acceptors (Lipinski definition) is 4. The summed E-state index contributed by atoms with van der Waals surface area (Å²) in [6, 6.07) is 7.81. The molecule has 0 fully saturated rings. The van der Waals surface area contributed by atoms with Gasteiger partial charge in [-0.3, -0.25) is 0 Å². The summed E-state index contributed by atoms with van der Waals surface area (Å²) >= 11 is 0. The van der Waals surface area contributed by atoms with E-state index >= 15 is 0 Å². The van der Waals surface area contributed by atoms with E-state index in [0.29, 0.717) is 11.6 Å². The topological polar surface area (TPSA) is 61.6 Å². The van der Waals surface area contributed by atoms with Crippen molar-refractivity contribution in [2.75, 3.05) is 5.32 Å². The third-order valence-electron chi connectivity index (χ3n) is 2.21. The molecule has 1 aromatic carbocycles. The predicted molar refractivity (Wildman–Crippen MR) is 61.2 cm³/mol. The van der Waals surface area contributed by atoms with E-state index < -0.39 is 0 Å². The second-order valence-corrected chi connectivity index (χ2v) is 3.46. The number of nitriles is 1. The van der Waals surface area contributed by atoms with Gasteiger partial charge in [-0.25, -0.2) is 14.4 Å². The minimum absolute atomic E-state index is 0.280. The van der Waals surface area contributed by atoms with Crippen LogP contribution in [-0.2, 0) is 0 Å². The van der Waals surface area contributed by atoms with Gasteiger partial charge in [0.05, 0.1) is 0 Å². The van der Waals surface area contributed by atoms with E-state index in [-0.39, 0.29) is 11.5 Å². The van der Waals surface area contributed by atoms with Crippen LogP contribution in [-0.4, -0.2) is 9.97 Å². The van der Waals surface area contributed by atoms with Crippen LogP contribution < -0.4 is 5.32 Å². The molecule has 2 aromatic rings. The van der Waals surface area contributed by atoms with Crippen molar-refractivity contribution in [1.29, 1.82) is 5.26 Å². The van der Waals surface area contributed by atoms with Gasteiger partial charge in [0.15, 0.2) is 0 Å². The van der Waals surface area contributed by atoms with Gasteiger partial charge in [-0.15, -0.1) is 0 Å². The Labute approximate surface area is 97.8 Å². The van der Waals surface area contributed by atoms with Crippen molar-refractivity contribution in [1.82, 2.24) is 9.97 Å². The molecule has 17 heavy (non-hydrogen) atoms. The Bertz CT molecular complexity index is 589. The average molecular weight is 228 g/mol. The molecule has 0 saturated carbocycles. The lowest BCUT2D eigenvalue weighted by atomic mass is 10.2. The molecule has 0 aliphatic heterocycles. The second-order valence-electron chi connectivity index (χ2n) is 3.46. The average Bonchev–Trinajstić information content (AvgIpc) is 2.33. The van der Waals surface area contributed by atoms with E-state index in [2.05, 4.69) is 15.3 Å². The Morgan fingerprint density at radius 1 is 1.35 bits per heavy atom. The minimum Gasteiger partial charge on any atom is -0.324 e. The number of aryl methyl sites for hydroxylation is 1. The van der Waals surface area contributed by atoms with Crippen molar-refractivity contribution in [3.8, 4) is 6.07 Å². The zero-order valence-electron chi connectivity index (χ0n) is 9.11. The van der Waals surface area contributed by atoms with Gasteiger partial charge < -0.3 is 5.32 Å². The third kappa shape index (κ3) is 2.55. The molecule has 0 unspecified atom stereocenters. The van der Waals surface area contributed by atoms with Gasteiger partial charge in [0.2, 0.25) is 5.95 Å². The minimum atomic E-state index is -0.292. The molecule has 0 saturated heterocycles. The van der Waals surface area contributed by atoms with Crippen molar-refractivity contribution in [3.63, 3.8) is 0 Å². The number of aromatic nitrogens is 2. The van der Waals surface area contributed by atoms with Crippen molar-refractivity contribution >= 4 is 11.6 Å². The first-order chi connectivity index (χ1) is 8.19. The fourth-order valence-electron chi connectivity index (χ4n) is 1.37. The largest absolute Gasteiger partial charge is 0.324 e. The maximum atomic E-state index is 12.9. The van der Waals surface area contributed by atoms with Gasteiger partial charge in [-0.05, 0) is 36.8 Å². The van der Waals surface area contributed by atoms with Crippen molar-refractivity contribution in [3.05, 3.63) is 47.5 Å². The van der Waals surface area contributed by atoms with Crippen LogP contribution in [0.25, 0.3) is 0 Å². The Balaban J connectivity index is 2.28. The number of anilines is 2. The maximum absolute atomic E-state index is 12.9. The highest BCUT2D eigenvalue weighted by Gasteiger charge is 2.03. The summed E-state index contributed by atoms with van der Waals surface area (Å²) in [6.07, 6.45) is 1.49. The molecule has 0 atom stereocenters. The van der Waals surface area contributed by atoms with Crippen LogP contribution in [0.4, 0.5) is 16.0 Å². The standard InChI is InChI=1S/C12H9FN4/c1-8-6-9(13)2-3-11(8)17-12-15-5-4-10(7-14)16-12/h2-6H,1H3,(H,15,16,17). The highest BCUT2D eigenvalue weighted by molar-refractivity contribution is 5.58. The Hall–Kier alpha value is -2.48. The van der Waals surface area contributed by atoms with E-state index in [1.807, 2.05) is 6.07 Å². The van der Waals surface area contributed by atoms with Gasteiger partial charge in [0.25, 0.3) is 0 Å². The van der Waals surface area contributed by atoms with Crippen LogP contribution in [0, 0.1) is 24.1 Å². The van der Waals surface area contributed by atoms with Crippen LogP contribution in [0.5, 0.6) is 0 Å². The van der Waals surface area contributed by atoms with Crippen molar-refractivity contribution in [2.45, 2.75) is 6.92 Å². The van der Waals surface area contributed by atoms with E-state index in [1.165, 1.54) is 24.4 Å². The normalized spacial score (nSPS) is 9.71. The molecule has 5 heteroatoms. The molecule has 0 radical (unpaired) electrons. The summed E-state index contributed by atoms with van der Waals surface area (Å²) < 4.78 is 12.9. The second kappa shape index (κ2) is 4.58. The molecule has 0 bridgehead atoms. The number of rotatable bonds is 2. The third-order valence-corrected chi connectivity index (χ3v) is 2.21. The number of nitrogens with zero attached hydrogens (tertiary/aromatic N) is 3. The van der Waals surface area contributed by atoms with Crippen LogP contribution >= 0.6 is 0 Å². The number of halogens is 1. The Morgan fingerprint density at radius 2 is 2.18 bits per heavy atom. The Morgan fingerprint density at radius 3 is 2.88 bits per heavy atom. The fourth-order valence-corrected chi connectivity index (χ4v) is 1.37. The summed E-state index contributed by atoms with van der Waals surface area (Å²) in [5.41, 5.74) is 1.74. The van der Waals surface area contributed by atoms with E-state index in [1.54, 1.807) is 13.0 Å². The predicted octanol–water partition coefficient (Wildman–Crippen LogP) is 2.54. The summed E-state index contributed by atoms with van der Waals surface area (Å²) in [5, 5.41) is 11.6. The molecule has 4 nitrogen and oxygen atoms in total. The number of nitrogens with one attached hydrogen (secondary N) is 1. The lowest BCUT2D eigenvalue weighted by Gasteiger charge is -2.07. The SMILES string of the molecule is Cc1cc(F)ccc1Nc1nccc(C#N)n1. The van der Waals surface area contributed by atoms with Crippen molar-refractivity contribution < 1.29 is 4.39 Å². The molecule has 0 aliphatic rings. The Kier molecular flexibility index (Phi) is 2.97. The van der Waals surface area contributed by atoms with E-state index in [0.717, 1.165) is 5.56 Å². The summed E-state index contributed by atoms with van der Waals surface area (Å²) in [7, 11) is 0. The van der Waals surface area contributed by atoms with Crippen LogP contribution in [0.1, 0.15) is 11.3 Å². The van der Waals surface area contributed by atoms with Gasteiger partial charge in [0.1, 0.15) is 17.6 Å². The first-order valence-corrected chi connectivity index (χ1v) is 4.95. The van der Waals surface area contributed by atoms with Crippen LogP contribution in [0.2, 0.25) is 0 Å². The monoisotopic (exact) mass is 228 g/mol. The van der Waals surface area contributed by atoms with E-state index in [4.69, 9.17) is 5.26 Å². The molecule has 1 N–H and O–H groups in total. The van der Waals surface area contributed by atoms with Gasteiger partial charge in [-0.2, -0.15) is 5.26 Å². The lowest BCUT2D eigenvalue weighted by molar-refractivity contribution is 0.627. The van der Waals surface area contributed by atoms with Gasteiger partial charge in [-0.1, -0.05) is 0 Å². The quantitative estimate of drug-likeness (QED) is 0.857. The summed E-state index contributed by atoms with van der Waals surface area (Å²) in [6.45, 7) is 1.78. The zero-order valence-corrected chi connectivity index (χ0v) is 9.11. The summed E-state index contributed by atoms with van der Waals surface area (Å²) in [5.74, 6) is 0.0264. The molecule has 84 valence electrons. The van der Waals surface area contributed by atoms with Gasteiger partial charge >= 0.3 is 0 Å². The first-order valence-electron chi connectivity index (χ1n) is 4.95. The highest BCUT2D eigenvalue weighted by Crippen LogP contribution is 2.18. The number of hydrogen-bond donors (Lipinski definition) is 1. The van der Waals surface area contributed by atoms with E-state index in [9.17, 15) is 4.39 Å². The lowest BCUT2D eigenvalue weighted by Crippen LogP contribution is -1.99. The molecular weight excluding hydrogens is 219 g/mol. The molecule has 1 aromatic heterocycles. The molecule has 0 aliphatic carbocycles. The molecule has 0 amide bonds. The maximum Gasteiger partial charge on any atom is 0.228 e. The molecule has 1 heterocycles. The smallest absolute Gasteiger partial charge is 0.228 e. The zero-order chi connectivity index (χ0) is 12.3. The van der Waals surface area contributed by atoms with Gasteiger partial charge in [0, 0.05) is 11.9 Å². The number of benzene rings is 1. The van der Waals surface area contributed by atoms with Crippen LogP contribution in [0.15, 0.2) is 30.5 Å².